The minimum atomic E-state index is -0.145. The van der Waals surface area contributed by atoms with Crippen LogP contribution in [-0.4, -0.2) is 23.4 Å². The maximum absolute atomic E-state index is 6.07. The highest BCUT2D eigenvalue weighted by Gasteiger charge is 2.19. The average molecular weight is 288 g/mol. The lowest BCUT2D eigenvalue weighted by molar-refractivity contribution is 0.595. The molecular weight excluding hydrogens is 274 g/mol. The third kappa shape index (κ3) is 2.51. The largest absolute Gasteiger partial charge is 0.367 e. The summed E-state index contributed by atoms with van der Waals surface area (Å²) in [5, 5.41) is 3.95. The Kier molecular flexibility index (Phi) is 3.64. The fourth-order valence-corrected chi connectivity index (χ4v) is 2.33. The van der Waals surface area contributed by atoms with Gasteiger partial charge in [0.05, 0.1) is 18.0 Å². The molecule has 102 valence electrons. The maximum Gasteiger partial charge on any atom is 0.109 e. The zero-order valence-electron chi connectivity index (χ0n) is 10.7. The van der Waals surface area contributed by atoms with Crippen molar-refractivity contribution in [1.82, 2.24) is 10.4 Å². The van der Waals surface area contributed by atoms with E-state index in [0.29, 0.717) is 11.6 Å². The summed E-state index contributed by atoms with van der Waals surface area (Å²) >= 11 is 6.07. The number of aliphatic imine (C=N–C) groups is 1. The Morgan fingerprint density at radius 3 is 2.95 bits per heavy atom. The lowest BCUT2D eigenvalue weighted by Crippen LogP contribution is -2.42. The first-order valence-corrected chi connectivity index (χ1v) is 6.64. The van der Waals surface area contributed by atoms with E-state index in [-0.39, 0.29) is 6.17 Å². The molecule has 1 aliphatic rings. The van der Waals surface area contributed by atoms with E-state index in [4.69, 9.17) is 17.4 Å². The Hall–Kier alpha value is -1.95. The number of rotatable bonds is 2. The number of halogens is 1. The van der Waals surface area contributed by atoms with Gasteiger partial charge in [-0.15, -0.1) is 0 Å². The molecule has 0 fully saturated rings. The third-order valence-electron chi connectivity index (χ3n) is 3.11. The third-order valence-corrected chi connectivity index (χ3v) is 3.34. The predicted octanol–water partition coefficient (Wildman–Crippen LogP) is 1.79. The van der Waals surface area contributed by atoms with Gasteiger partial charge in [-0.1, -0.05) is 17.7 Å². The Morgan fingerprint density at radius 1 is 1.30 bits per heavy atom. The van der Waals surface area contributed by atoms with Crippen LogP contribution in [-0.2, 0) is 0 Å². The number of nitrogens with zero attached hydrogens (tertiary/aromatic N) is 2. The van der Waals surface area contributed by atoms with E-state index >= 15 is 0 Å². The number of aromatic nitrogens is 1. The number of pyridine rings is 1. The number of anilines is 1. The standard InChI is InChI=1S/C14H14ClN5/c15-9-4-5-10-12(7-9)19-13(20-16)8-18-14(10)11-3-1-2-6-17-11/h1-7,13,19-20H,8,16H2. The molecule has 1 atom stereocenters. The van der Waals surface area contributed by atoms with Crippen LogP contribution in [0.25, 0.3) is 0 Å². The van der Waals surface area contributed by atoms with Gasteiger partial charge in [0, 0.05) is 22.5 Å². The van der Waals surface area contributed by atoms with Crippen molar-refractivity contribution in [2.45, 2.75) is 6.17 Å². The molecule has 0 amide bonds. The summed E-state index contributed by atoms with van der Waals surface area (Å²) in [5.41, 5.74) is 6.21. The van der Waals surface area contributed by atoms with Crippen LogP contribution in [0.4, 0.5) is 5.69 Å². The predicted molar refractivity (Wildman–Crippen MR) is 80.9 cm³/mol. The van der Waals surface area contributed by atoms with Crippen LogP contribution in [0.2, 0.25) is 5.02 Å². The van der Waals surface area contributed by atoms with E-state index in [1.165, 1.54) is 0 Å². The van der Waals surface area contributed by atoms with E-state index in [9.17, 15) is 0 Å². The Bertz CT molecular complexity index is 641. The number of nitrogens with one attached hydrogen (secondary N) is 2. The minimum absolute atomic E-state index is 0.145. The maximum atomic E-state index is 6.07. The van der Waals surface area contributed by atoms with E-state index in [1.54, 1.807) is 6.20 Å². The summed E-state index contributed by atoms with van der Waals surface area (Å²) in [4.78, 5) is 9.00. The van der Waals surface area contributed by atoms with Crippen LogP contribution in [0, 0.1) is 0 Å². The van der Waals surface area contributed by atoms with Gasteiger partial charge in [-0.3, -0.25) is 15.8 Å². The van der Waals surface area contributed by atoms with Gasteiger partial charge in [0.2, 0.25) is 0 Å². The molecule has 0 aliphatic carbocycles. The molecule has 1 aliphatic heterocycles. The van der Waals surface area contributed by atoms with Crippen LogP contribution in [0.15, 0.2) is 47.6 Å². The van der Waals surface area contributed by atoms with Crippen LogP contribution >= 0.6 is 11.6 Å². The molecule has 2 aromatic rings. The number of nitrogens with two attached hydrogens (primary N) is 1. The van der Waals surface area contributed by atoms with Crippen LogP contribution in [0.3, 0.4) is 0 Å². The second-order valence-electron chi connectivity index (χ2n) is 4.46. The topological polar surface area (TPSA) is 75.3 Å². The summed E-state index contributed by atoms with van der Waals surface area (Å²) < 4.78 is 0. The van der Waals surface area contributed by atoms with Gasteiger partial charge in [0.15, 0.2) is 0 Å². The van der Waals surface area contributed by atoms with Gasteiger partial charge in [-0.05, 0) is 30.3 Å². The highest BCUT2D eigenvalue weighted by atomic mass is 35.5. The second kappa shape index (κ2) is 5.58. The molecule has 1 aromatic carbocycles. The lowest BCUT2D eigenvalue weighted by atomic mass is 10.0. The first kappa shape index (κ1) is 13.1. The van der Waals surface area contributed by atoms with Gasteiger partial charge >= 0.3 is 0 Å². The van der Waals surface area contributed by atoms with Gasteiger partial charge in [-0.2, -0.15) is 0 Å². The molecule has 0 bridgehead atoms. The Morgan fingerprint density at radius 2 is 2.20 bits per heavy atom. The Balaban J connectivity index is 2.12. The summed E-state index contributed by atoms with van der Waals surface area (Å²) in [7, 11) is 0. The molecule has 5 nitrogen and oxygen atoms in total. The molecule has 0 saturated heterocycles. The van der Waals surface area contributed by atoms with Crippen molar-refractivity contribution in [1.29, 1.82) is 0 Å². The average Bonchev–Trinajstić information content (AvgIpc) is 2.66. The van der Waals surface area contributed by atoms with Gasteiger partial charge < -0.3 is 5.32 Å². The van der Waals surface area contributed by atoms with Crippen molar-refractivity contribution in [2.24, 2.45) is 10.8 Å². The summed E-state index contributed by atoms with van der Waals surface area (Å²) in [6, 6.07) is 11.4. The summed E-state index contributed by atoms with van der Waals surface area (Å²) in [6.07, 6.45) is 1.61. The molecule has 1 aromatic heterocycles. The van der Waals surface area contributed by atoms with Gasteiger partial charge in [0.1, 0.15) is 6.17 Å². The van der Waals surface area contributed by atoms with Gasteiger partial charge in [-0.25, -0.2) is 5.43 Å². The molecular formula is C14H14ClN5. The smallest absolute Gasteiger partial charge is 0.109 e. The number of hydrazine groups is 1. The highest BCUT2D eigenvalue weighted by Crippen LogP contribution is 2.26. The molecule has 3 rings (SSSR count). The van der Waals surface area contributed by atoms with E-state index in [2.05, 4.69) is 20.7 Å². The summed E-state index contributed by atoms with van der Waals surface area (Å²) in [5.74, 6) is 5.52. The van der Waals surface area contributed by atoms with Crippen molar-refractivity contribution in [3.8, 4) is 0 Å². The number of benzene rings is 1. The highest BCUT2D eigenvalue weighted by molar-refractivity contribution is 6.31. The number of hydrogen-bond acceptors (Lipinski definition) is 5. The van der Waals surface area contributed by atoms with Crippen LogP contribution in [0.5, 0.6) is 0 Å². The molecule has 4 N–H and O–H groups in total. The fourth-order valence-electron chi connectivity index (χ4n) is 2.16. The Labute approximate surface area is 121 Å². The minimum Gasteiger partial charge on any atom is -0.367 e. The molecule has 0 saturated carbocycles. The lowest BCUT2D eigenvalue weighted by Gasteiger charge is -2.16. The monoisotopic (exact) mass is 287 g/mol. The number of hydrogen-bond donors (Lipinski definition) is 3. The van der Waals surface area contributed by atoms with Crippen molar-refractivity contribution in [2.75, 3.05) is 11.9 Å². The van der Waals surface area contributed by atoms with E-state index < -0.39 is 0 Å². The molecule has 2 heterocycles. The quantitative estimate of drug-likeness (QED) is 0.581. The van der Waals surface area contributed by atoms with E-state index in [0.717, 1.165) is 22.7 Å². The molecule has 0 radical (unpaired) electrons. The van der Waals surface area contributed by atoms with Gasteiger partial charge in [0.25, 0.3) is 0 Å². The van der Waals surface area contributed by atoms with Crippen molar-refractivity contribution >= 4 is 23.0 Å². The second-order valence-corrected chi connectivity index (χ2v) is 4.89. The van der Waals surface area contributed by atoms with Crippen molar-refractivity contribution in [3.05, 3.63) is 58.9 Å². The molecule has 20 heavy (non-hydrogen) atoms. The number of fused-ring (bicyclic) bond motifs is 1. The first-order valence-electron chi connectivity index (χ1n) is 6.26. The molecule has 0 spiro atoms. The summed E-state index contributed by atoms with van der Waals surface area (Å²) in [6.45, 7) is 0.509. The number of benzodiazepines with no additional fused rings is 1. The van der Waals surface area contributed by atoms with Crippen LogP contribution < -0.4 is 16.6 Å². The van der Waals surface area contributed by atoms with E-state index in [1.807, 2.05) is 36.4 Å². The zero-order chi connectivity index (χ0) is 13.9. The molecule has 1 unspecified atom stereocenters. The fraction of sp³-hybridized carbons (Fsp3) is 0.143. The first-order chi connectivity index (χ1) is 9.78. The SMILES string of the molecule is NNC1CN=C(c2ccccn2)c2ccc(Cl)cc2N1. The van der Waals surface area contributed by atoms with Crippen molar-refractivity contribution in [3.63, 3.8) is 0 Å². The molecule has 6 heteroatoms. The van der Waals surface area contributed by atoms with Crippen molar-refractivity contribution < 1.29 is 0 Å². The normalized spacial score (nSPS) is 17.7. The zero-order valence-corrected chi connectivity index (χ0v) is 11.4. The van der Waals surface area contributed by atoms with Crippen LogP contribution in [0.1, 0.15) is 11.3 Å².